The zero-order valence-corrected chi connectivity index (χ0v) is 22.2. The van der Waals surface area contributed by atoms with Crippen molar-refractivity contribution in [2.24, 2.45) is 0 Å². The van der Waals surface area contributed by atoms with Gasteiger partial charge in [-0.25, -0.2) is 32.7 Å². The van der Waals surface area contributed by atoms with Crippen LogP contribution in [0.4, 0.5) is 8.78 Å². The molecule has 0 bridgehead atoms. The lowest BCUT2D eigenvalue weighted by atomic mass is 9.62. The lowest BCUT2D eigenvalue weighted by Crippen LogP contribution is -2.46. The van der Waals surface area contributed by atoms with Crippen LogP contribution >= 0.6 is 7.82 Å². The molecule has 206 valence electrons. The number of hydrogen-bond acceptors (Lipinski definition) is 6. The summed E-state index contributed by atoms with van der Waals surface area (Å²) in [7, 11) is -5.24. The van der Waals surface area contributed by atoms with Crippen molar-refractivity contribution < 1.29 is 27.7 Å². The molecule has 0 amide bonds. The maximum Gasteiger partial charge on any atom is 0.470 e. The summed E-state index contributed by atoms with van der Waals surface area (Å²) in [5.41, 5.74) is -1.24. The molecule has 4 unspecified atom stereocenters. The molecule has 38 heavy (non-hydrogen) atoms. The molecule has 0 radical (unpaired) electrons. The van der Waals surface area contributed by atoms with Crippen LogP contribution in [0.2, 0.25) is 0 Å². The van der Waals surface area contributed by atoms with E-state index in [1.807, 2.05) is 6.92 Å². The number of phosphoric acid groups is 1. The summed E-state index contributed by atoms with van der Waals surface area (Å²) in [6.07, 6.45) is 13.2. The fourth-order valence-electron chi connectivity index (χ4n) is 6.48. The Kier molecular flexibility index (Phi) is 7.77. The van der Waals surface area contributed by atoms with E-state index in [0.717, 1.165) is 44.6 Å². The maximum atomic E-state index is 16.2. The Hall–Kier alpha value is -2.53. The summed E-state index contributed by atoms with van der Waals surface area (Å²) < 4.78 is 52.6. The van der Waals surface area contributed by atoms with Crippen LogP contribution in [0.5, 0.6) is 0 Å². The second kappa shape index (κ2) is 10.9. The highest BCUT2D eigenvalue weighted by Gasteiger charge is 2.54. The number of hydrogen-bond donors (Lipinski definition) is 2. The van der Waals surface area contributed by atoms with Crippen LogP contribution in [0.3, 0.4) is 0 Å². The van der Waals surface area contributed by atoms with Gasteiger partial charge in [-0.15, -0.1) is 0 Å². The van der Waals surface area contributed by atoms with E-state index in [9.17, 15) is 14.4 Å². The smallest absolute Gasteiger partial charge is 0.303 e. The topological polar surface area (TPSA) is 128 Å². The molecule has 10 nitrogen and oxygen atoms in total. The monoisotopic (exact) mass is 550 g/mol. The van der Waals surface area contributed by atoms with E-state index in [1.54, 1.807) is 0 Å². The summed E-state index contributed by atoms with van der Waals surface area (Å²) in [6.45, 7) is 1.64. The average Bonchev–Trinajstić information content (AvgIpc) is 3.55. The molecule has 1 aromatic carbocycles. The molecule has 2 aliphatic carbocycles. The molecule has 2 N–H and O–H groups in total. The van der Waals surface area contributed by atoms with Crippen molar-refractivity contribution in [3.63, 3.8) is 0 Å². The Morgan fingerprint density at radius 3 is 2.26 bits per heavy atom. The van der Waals surface area contributed by atoms with Crippen LogP contribution < -0.4 is 0 Å². The Bertz CT molecular complexity index is 1290. The van der Waals surface area contributed by atoms with Gasteiger partial charge in [-0.2, -0.15) is 10.2 Å². The fraction of sp³-hybridized carbons (Fsp3) is 0.600. The Morgan fingerprint density at radius 1 is 0.974 bits per heavy atom. The van der Waals surface area contributed by atoms with Crippen molar-refractivity contribution in [1.82, 2.24) is 29.5 Å². The minimum Gasteiger partial charge on any atom is -0.303 e. The van der Waals surface area contributed by atoms with Crippen LogP contribution in [0, 0.1) is 11.6 Å². The molecule has 4 atom stereocenters. The standard InChI is InChI=1S/C25H33F2N6O4P/c1-17-18-9-7-5-3-2-4-6-8-10-21(33-16-29-14-31-33)25(37-38(34,35)36,12-32-15-28-13-30-32)24-20(27)11-19(26)22(17)23(18)24/h11,13-18,21H,2-10,12H2,1H3,(H2,34,35,36). The van der Waals surface area contributed by atoms with Crippen molar-refractivity contribution in [1.29, 1.82) is 0 Å². The molecule has 0 spiro atoms. The van der Waals surface area contributed by atoms with Gasteiger partial charge in [0, 0.05) is 11.6 Å². The van der Waals surface area contributed by atoms with Crippen molar-refractivity contribution in [2.45, 2.75) is 94.7 Å². The molecule has 13 heteroatoms. The summed E-state index contributed by atoms with van der Waals surface area (Å²) >= 11 is 0. The quantitative estimate of drug-likeness (QED) is 0.419. The molecule has 3 aromatic rings. The first-order chi connectivity index (χ1) is 18.2. The van der Waals surface area contributed by atoms with E-state index < -0.39 is 31.1 Å². The number of rotatable bonds is 5. The summed E-state index contributed by atoms with van der Waals surface area (Å²) in [5.74, 6) is -1.92. The van der Waals surface area contributed by atoms with Gasteiger partial charge < -0.3 is 9.79 Å². The molecule has 0 saturated heterocycles. The van der Waals surface area contributed by atoms with Crippen molar-refractivity contribution >= 4 is 7.82 Å². The second-order valence-corrected chi connectivity index (χ2v) is 11.6. The number of aromatic nitrogens is 6. The SMILES string of the molecule is CC1c2c(F)cc(F)c3c2C1CCCCCCCCCC(n1cncn1)C3(Cn1cncn1)OP(=O)(O)O. The van der Waals surface area contributed by atoms with Gasteiger partial charge in [-0.3, -0.25) is 4.52 Å². The lowest BCUT2D eigenvalue weighted by molar-refractivity contribution is -0.0446. The highest BCUT2D eigenvalue weighted by atomic mass is 31.2. The molecule has 2 heterocycles. The predicted molar refractivity (Wildman–Crippen MR) is 133 cm³/mol. The largest absolute Gasteiger partial charge is 0.470 e. The van der Waals surface area contributed by atoms with Gasteiger partial charge in [0.05, 0.1) is 12.6 Å². The normalized spacial score (nSPS) is 26.8. The van der Waals surface area contributed by atoms with E-state index in [2.05, 4.69) is 20.2 Å². The molecule has 0 saturated carbocycles. The highest BCUT2D eigenvalue weighted by molar-refractivity contribution is 7.46. The Morgan fingerprint density at radius 2 is 1.63 bits per heavy atom. The molecular formula is C25H33F2N6O4P. The van der Waals surface area contributed by atoms with Gasteiger partial charge in [0.25, 0.3) is 0 Å². The van der Waals surface area contributed by atoms with Gasteiger partial charge in [-0.1, -0.05) is 51.9 Å². The summed E-state index contributed by atoms with van der Waals surface area (Å²) in [4.78, 5) is 28.5. The van der Waals surface area contributed by atoms with E-state index in [1.165, 1.54) is 34.7 Å². The first kappa shape index (κ1) is 27.1. The highest BCUT2D eigenvalue weighted by Crippen LogP contribution is 2.60. The third-order valence-electron chi connectivity index (χ3n) is 8.09. The Labute approximate surface area is 219 Å². The third-order valence-corrected chi connectivity index (χ3v) is 8.66. The predicted octanol–water partition coefficient (Wildman–Crippen LogP) is 5.12. The van der Waals surface area contributed by atoms with Crippen molar-refractivity contribution in [2.75, 3.05) is 0 Å². The van der Waals surface area contributed by atoms with E-state index >= 15 is 8.78 Å². The van der Waals surface area contributed by atoms with Gasteiger partial charge in [-0.05, 0) is 35.8 Å². The zero-order valence-electron chi connectivity index (χ0n) is 21.3. The van der Waals surface area contributed by atoms with Crippen LogP contribution in [0.1, 0.15) is 99.3 Å². The number of phosphoric ester groups is 1. The molecule has 5 rings (SSSR count). The molecule has 0 aliphatic heterocycles. The third kappa shape index (κ3) is 5.19. The Balaban J connectivity index is 1.80. The molecule has 2 aliphatic rings. The average molecular weight is 551 g/mol. The van der Waals surface area contributed by atoms with E-state index in [4.69, 9.17) is 4.52 Å². The summed E-state index contributed by atoms with van der Waals surface area (Å²) in [5, 5.41) is 8.45. The maximum absolute atomic E-state index is 16.2. The molecular weight excluding hydrogens is 517 g/mol. The van der Waals surface area contributed by atoms with E-state index in [0.29, 0.717) is 30.4 Å². The van der Waals surface area contributed by atoms with Gasteiger partial charge >= 0.3 is 7.82 Å². The zero-order chi connectivity index (χ0) is 26.9. The number of benzene rings is 1. The van der Waals surface area contributed by atoms with Crippen LogP contribution in [-0.2, 0) is 21.2 Å². The van der Waals surface area contributed by atoms with Crippen molar-refractivity contribution in [3.8, 4) is 0 Å². The molecule has 2 aromatic heterocycles. The van der Waals surface area contributed by atoms with Crippen LogP contribution in [0.15, 0.2) is 31.4 Å². The number of nitrogens with zero attached hydrogens (tertiary/aromatic N) is 6. The van der Waals surface area contributed by atoms with Gasteiger partial charge in [0.2, 0.25) is 0 Å². The minimum absolute atomic E-state index is 0.0478. The first-order valence-corrected chi connectivity index (χ1v) is 14.7. The fourth-order valence-corrected chi connectivity index (χ4v) is 7.17. The number of halogens is 2. The van der Waals surface area contributed by atoms with Gasteiger partial charge in [0.15, 0.2) is 0 Å². The van der Waals surface area contributed by atoms with E-state index in [-0.39, 0.29) is 23.9 Å². The second-order valence-electron chi connectivity index (χ2n) is 10.4. The van der Waals surface area contributed by atoms with Gasteiger partial charge in [0.1, 0.15) is 42.5 Å². The van der Waals surface area contributed by atoms with Crippen LogP contribution in [0.25, 0.3) is 0 Å². The lowest BCUT2D eigenvalue weighted by Gasteiger charge is -2.47. The first-order valence-electron chi connectivity index (χ1n) is 13.2. The summed E-state index contributed by atoms with van der Waals surface area (Å²) in [6, 6.07) is -0.0768. The molecule has 0 fully saturated rings. The van der Waals surface area contributed by atoms with Crippen LogP contribution in [-0.4, -0.2) is 39.3 Å². The van der Waals surface area contributed by atoms with Crippen molar-refractivity contribution in [3.05, 3.63) is 59.7 Å². The minimum atomic E-state index is -5.24.